The van der Waals surface area contributed by atoms with Gasteiger partial charge >= 0.3 is 5.97 Å². The topological polar surface area (TPSA) is 84.9 Å². The first-order valence-electron chi connectivity index (χ1n) is 10.3. The SMILES string of the molecule is CC(C)[C@H](NC(=O)COCCOCCCCCCCCCCCS)C(=O)O. The lowest BCUT2D eigenvalue weighted by atomic mass is 10.1. The Kier molecular flexibility index (Phi) is 18.0. The van der Waals surface area contributed by atoms with Crippen LogP contribution in [0.4, 0.5) is 0 Å². The Morgan fingerprint density at radius 2 is 1.37 bits per heavy atom. The lowest BCUT2D eigenvalue weighted by molar-refractivity contribution is -0.143. The molecule has 0 aromatic rings. The molecule has 0 spiro atoms. The minimum atomic E-state index is -1.03. The van der Waals surface area contributed by atoms with E-state index in [-0.39, 0.29) is 12.5 Å². The van der Waals surface area contributed by atoms with E-state index < -0.39 is 17.9 Å². The average molecular weight is 406 g/mol. The van der Waals surface area contributed by atoms with Crippen LogP contribution in [0, 0.1) is 5.92 Å². The number of carboxylic acid groups (broad SMARTS) is 1. The van der Waals surface area contributed by atoms with E-state index in [9.17, 15) is 9.59 Å². The molecule has 0 unspecified atom stereocenters. The molecule has 160 valence electrons. The standard InChI is InChI=1S/C20H39NO5S/c1-17(2)19(20(23)24)21-18(22)16-26-14-13-25-12-10-8-6-4-3-5-7-9-11-15-27/h17,19,27H,3-16H2,1-2H3,(H,21,22)(H,23,24)/t19-/m0/s1. The molecule has 0 radical (unpaired) electrons. The Morgan fingerprint density at radius 3 is 1.89 bits per heavy atom. The Hall–Kier alpha value is -0.790. The Morgan fingerprint density at radius 1 is 0.852 bits per heavy atom. The highest BCUT2D eigenvalue weighted by Crippen LogP contribution is 2.10. The van der Waals surface area contributed by atoms with Crippen LogP contribution < -0.4 is 5.32 Å². The van der Waals surface area contributed by atoms with Gasteiger partial charge in [-0.2, -0.15) is 12.6 Å². The summed E-state index contributed by atoms with van der Waals surface area (Å²) in [7, 11) is 0. The van der Waals surface area contributed by atoms with E-state index in [2.05, 4.69) is 17.9 Å². The molecule has 2 N–H and O–H groups in total. The van der Waals surface area contributed by atoms with E-state index in [1.54, 1.807) is 13.8 Å². The molecule has 7 heteroatoms. The molecule has 0 aliphatic heterocycles. The predicted molar refractivity (Wildman–Crippen MR) is 111 cm³/mol. The second-order valence-corrected chi connectivity index (χ2v) is 7.65. The lowest BCUT2D eigenvalue weighted by Gasteiger charge is -2.17. The van der Waals surface area contributed by atoms with Gasteiger partial charge < -0.3 is 19.9 Å². The van der Waals surface area contributed by atoms with Crippen LogP contribution >= 0.6 is 12.6 Å². The van der Waals surface area contributed by atoms with Crippen molar-refractivity contribution in [2.24, 2.45) is 5.92 Å². The number of nitrogens with one attached hydrogen (secondary N) is 1. The fourth-order valence-corrected chi connectivity index (χ4v) is 2.89. The number of carbonyl (C=O) groups is 2. The average Bonchev–Trinajstić information content (AvgIpc) is 2.62. The smallest absolute Gasteiger partial charge is 0.326 e. The van der Waals surface area contributed by atoms with Gasteiger partial charge in [-0.15, -0.1) is 0 Å². The number of hydrogen-bond donors (Lipinski definition) is 3. The molecule has 0 aromatic heterocycles. The second-order valence-electron chi connectivity index (χ2n) is 7.20. The first-order chi connectivity index (χ1) is 13.0. The molecule has 0 rings (SSSR count). The van der Waals surface area contributed by atoms with Crippen molar-refractivity contribution in [2.45, 2.75) is 77.7 Å². The van der Waals surface area contributed by atoms with Crippen molar-refractivity contribution in [2.75, 3.05) is 32.2 Å². The predicted octanol–water partition coefficient (Wildman–Crippen LogP) is 3.69. The summed E-state index contributed by atoms with van der Waals surface area (Å²) in [6.07, 6.45) is 11.3. The molecule has 0 fully saturated rings. The third kappa shape index (κ3) is 17.1. The van der Waals surface area contributed by atoms with E-state index in [4.69, 9.17) is 14.6 Å². The highest BCUT2D eigenvalue weighted by atomic mass is 32.1. The zero-order valence-electron chi connectivity index (χ0n) is 17.1. The summed E-state index contributed by atoms with van der Waals surface area (Å²) in [4.78, 5) is 22.7. The van der Waals surface area contributed by atoms with E-state index >= 15 is 0 Å². The summed E-state index contributed by atoms with van der Waals surface area (Å²) >= 11 is 4.22. The maximum atomic E-state index is 11.7. The van der Waals surface area contributed by atoms with Crippen molar-refractivity contribution < 1.29 is 24.2 Å². The fraction of sp³-hybridized carbons (Fsp3) is 0.900. The molecule has 0 saturated heterocycles. The van der Waals surface area contributed by atoms with Crippen molar-refractivity contribution in [3.05, 3.63) is 0 Å². The van der Waals surface area contributed by atoms with Gasteiger partial charge in [0.2, 0.25) is 5.91 Å². The molecule has 0 saturated carbocycles. The van der Waals surface area contributed by atoms with Crippen molar-refractivity contribution in [3.63, 3.8) is 0 Å². The minimum absolute atomic E-state index is 0.145. The Balaban J connectivity index is 3.35. The number of ether oxygens (including phenoxy) is 2. The van der Waals surface area contributed by atoms with Gasteiger partial charge in [0, 0.05) is 6.61 Å². The first kappa shape index (κ1) is 26.2. The number of amides is 1. The van der Waals surface area contributed by atoms with Crippen molar-refractivity contribution in [1.82, 2.24) is 5.32 Å². The van der Waals surface area contributed by atoms with Gasteiger partial charge in [0.25, 0.3) is 0 Å². The highest BCUT2D eigenvalue weighted by molar-refractivity contribution is 7.80. The molecule has 0 heterocycles. The molecule has 0 aliphatic rings. The molecule has 6 nitrogen and oxygen atoms in total. The monoisotopic (exact) mass is 405 g/mol. The Labute approximate surface area is 170 Å². The number of aliphatic carboxylic acids is 1. The molecule has 0 bridgehead atoms. The number of carboxylic acids is 1. The van der Waals surface area contributed by atoms with Crippen LogP contribution in [-0.4, -0.2) is 55.2 Å². The summed E-state index contributed by atoms with van der Waals surface area (Å²) in [5.41, 5.74) is 0. The van der Waals surface area contributed by atoms with Crippen LogP contribution in [0.2, 0.25) is 0 Å². The maximum Gasteiger partial charge on any atom is 0.326 e. The quantitative estimate of drug-likeness (QED) is 0.225. The van der Waals surface area contributed by atoms with Crippen LogP contribution in [0.5, 0.6) is 0 Å². The third-order valence-electron chi connectivity index (χ3n) is 4.30. The van der Waals surface area contributed by atoms with Crippen LogP contribution in [0.3, 0.4) is 0 Å². The van der Waals surface area contributed by atoms with E-state index in [1.165, 1.54) is 51.4 Å². The van der Waals surface area contributed by atoms with E-state index in [0.29, 0.717) is 19.8 Å². The van der Waals surface area contributed by atoms with Gasteiger partial charge in [-0.3, -0.25) is 4.79 Å². The molecule has 0 aromatic carbocycles. The summed E-state index contributed by atoms with van der Waals surface area (Å²) in [5.74, 6) is -0.619. The number of unbranched alkanes of at least 4 members (excludes halogenated alkanes) is 8. The second kappa shape index (κ2) is 18.6. The molecular formula is C20H39NO5S. The number of hydrogen-bond acceptors (Lipinski definition) is 5. The van der Waals surface area contributed by atoms with E-state index in [1.807, 2.05) is 0 Å². The first-order valence-corrected chi connectivity index (χ1v) is 10.9. The zero-order valence-corrected chi connectivity index (χ0v) is 18.0. The van der Waals surface area contributed by atoms with Crippen molar-refractivity contribution >= 4 is 24.5 Å². The minimum Gasteiger partial charge on any atom is -0.480 e. The lowest BCUT2D eigenvalue weighted by Crippen LogP contribution is -2.45. The van der Waals surface area contributed by atoms with Gasteiger partial charge in [0.1, 0.15) is 12.6 Å². The van der Waals surface area contributed by atoms with Crippen LogP contribution in [0.15, 0.2) is 0 Å². The summed E-state index contributed by atoms with van der Waals surface area (Å²) < 4.78 is 10.7. The van der Waals surface area contributed by atoms with Crippen molar-refractivity contribution in [1.29, 1.82) is 0 Å². The van der Waals surface area contributed by atoms with E-state index in [0.717, 1.165) is 12.2 Å². The van der Waals surface area contributed by atoms with Crippen LogP contribution in [-0.2, 0) is 19.1 Å². The molecule has 0 aliphatic carbocycles. The zero-order chi connectivity index (χ0) is 20.3. The Bertz CT molecular complexity index is 379. The van der Waals surface area contributed by atoms with Crippen molar-refractivity contribution in [3.8, 4) is 0 Å². The maximum absolute atomic E-state index is 11.7. The highest BCUT2D eigenvalue weighted by Gasteiger charge is 2.23. The summed E-state index contributed by atoms with van der Waals surface area (Å²) in [6, 6.07) is -0.884. The summed E-state index contributed by atoms with van der Waals surface area (Å²) in [6.45, 7) is 4.85. The fourth-order valence-electron chi connectivity index (χ4n) is 2.67. The molecule has 27 heavy (non-hydrogen) atoms. The van der Waals surface area contributed by atoms with Crippen LogP contribution in [0.1, 0.15) is 71.6 Å². The van der Waals surface area contributed by atoms with Crippen LogP contribution in [0.25, 0.3) is 0 Å². The largest absolute Gasteiger partial charge is 0.480 e. The van der Waals surface area contributed by atoms with Gasteiger partial charge in [-0.25, -0.2) is 4.79 Å². The van der Waals surface area contributed by atoms with Gasteiger partial charge in [0.15, 0.2) is 0 Å². The van der Waals surface area contributed by atoms with Gasteiger partial charge in [0.05, 0.1) is 13.2 Å². The normalized spacial score (nSPS) is 12.3. The molecule has 1 amide bonds. The molecule has 1 atom stereocenters. The molecular weight excluding hydrogens is 366 g/mol. The number of rotatable bonds is 19. The number of thiol groups is 1. The van der Waals surface area contributed by atoms with Gasteiger partial charge in [-0.05, 0) is 24.5 Å². The third-order valence-corrected chi connectivity index (χ3v) is 4.62. The number of carbonyl (C=O) groups excluding carboxylic acids is 1. The summed E-state index contributed by atoms with van der Waals surface area (Å²) in [5, 5.41) is 11.5. The van der Waals surface area contributed by atoms with Gasteiger partial charge in [-0.1, -0.05) is 58.8 Å².